The molecule has 1 saturated heterocycles. The number of thioether (sulfide) groups is 1. The molecular formula is C35H31NO8S. The van der Waals surface area contributed by atoms with Crippen molar-refractivity contribution in [3.63, 3.8) is 0 Å². The number of nitrogens with one attached hydrogen (secondary N) is 1. The molecule has 1 amide bonds. The van der Waals surface area contributed by atoms with Gasteiger partial charge in [0, 0.05) is 34.2 Å². The van der Waals surface area contributed by atoms with Gasteiger partial charge in [0.15, 0.2) is 6.29 Å². The Hall–Kier alpha value is -4.48. The van der Waals surface area contributed by atoms with Crippen LogP contribution >= 0.6 is 11.8 Å². The Morgan fingerprint density at radius 1 is 0.822 bits per heavy atom. The highest BCUT2D eigenvalue weighted by Gasteiger charge is 2.38. The van der Waals surface area contributed by atoms with Gasteiger partial charge in [0.1, 0.15) is 5.75 Å². The molecule has 0 aromatic heterocycles. The average Bonchev–Trinajstić information content (AvgIpc) is 3.36. The molecule has 2 aliphatic heterocycles. The number of fused-ring (bicyclic) bond motifs is 1. The molecular weight excluding hydrogens is 594 g/mol. The second-order valence-corrected chi connectivity index (χ2v) is 12.1. The van der Waals surface area contributed by atoms with Gasteiger partial charge >= 0.3 is 11.9 Å². The fourth-order valence-electron chi connectivity index (χ4n) is 5.33. The minimum Gasteiger partial charge on any atom is -0.508 e. The summed E-state index contributed by atoms with van der Waals surface area (Å²) in [5.74, 6) is -0.930. The number of hydrogen-bond acceptors (Lipinski definition) is 9. The molecule has 2 aliphatic rings. The van der Waals surface area contributed by atoms with Gasteiger partial charge in [-0.2, -0.15) is 0 Å². The van der Waals surface area contributed by atoms with Crippen molar-refractivity contribution in [2.75, 3.05) is 5.75 Å². The van der Waals surface area contributed by atoms with E-state index in [-0.39, 0.29) is 59.6 Å². The van der Waals surface area contributed by atoms with Crippen molar-refractivity contribution in [1.82, 2.24) is 5.32 Å². The third kappa shape index (κ3) is 6.79. The lowest BCUT2D eigenvalue weighted by molar-refractivity contribution is -0.268. The van der Waals surface area contributed by atoms with Crippen molar-refractivity contribution >= 4 is 29.6 Å². The van der Waals surface area contributed by atoms with Gasteiger partial charge < -0.3 is 29.7 Å². The van der Waals surface area contributed by atoms with E-state index in [0.29, 0.717) is 5.75 Å². The molecule has 2 heterocycles. The van der Waals surface area contributed by atoms with Crippen molar-refractivity contribution in [3.05, 3.63) is 130 Å². The van der Waals surface area contributed by atoms with Crippen LogP contribution in [0.5, 0.6) is 5.75 Å². The lowest BCUT2D eigenvalue weighted by Crippen LogP contribution is -2.38. The molecule has 0 aliphatic carbocycles. The van der Waals surface area contributed by atoms with E-state index in [0.717, 1.165) is 27.1 Å². The zero-order chi connectivity index (χ0) is 31.5. The first kappa shape index (κ1) is 30.5. The molecule has 0 spiro atoms. The zero-order valence-corrected chi connectivity index (χ0v) is 25.2. The molecule has 4 atom stereocenters. The third-order valence-corrected chi connectivity index (χ3v) is 9.09. The number of ether oxygens (including phenoxy) is 3. The number of carbonyl (C=O) groups is 3. The first-order valence-electron chi connectivity index (χ1n) is 14.5. The highest BCUT2D eigenvalue weighted by atomic mass is 32.2. The van der Waals surface area contributed by atoms with E-state index in [1.54, 1.807) is 23.9 Å². The van der Waals surface area contributed by atoms with E-state index < -0.39 is 18.2 Å². The van der Waals surface area contributed by atoms with Gasteiger partial charge in [-0.05, 0) is 59.2 Å². The van der Waals surface area contributed by atoms with Crippen LogP contribution in [0.1, 0.15) is 72.6 Å². The Balaban J connectivity index is 1.14. The van der Waals surface area contributed by atoms with Gasteiger partial charge in [0.05, 0.1) is 29.9 Å². The number of rotatable bonds is 9. The molecule has 9 nitrogen and oxygen atoms in total. The SMILES string of the molecule is CC1C(CSc2ccc(O)cc2)OC(c2ccc(CNC(=O)c3ccc4c(c3)C(=O)OC4=O)cc2)OC1c1ccc(CO)cc1. The van der Waals surface area contributed by atoms with Crippen LogP contribution in [-0.2, 0) is 27.4 Å². The average molecular weight is 626 g/mol. The van der Waals surface area contributed by atoms with Gasteiger partial charge in [0.2, 0.25) is 0 Å². The van der Waals surface area contributed by atoms with Crippen LogP contribution in [0.4, 0.5) is 0 Å². The summed E-state index contributed by atoms with van der Waals surface area (Å²) in [6, 6.07) is 26.7. The topological polar surface area (TPSA) is 131 Å². The number of hydrogen-bond donors (Lipinski definition) is 3. The molecule has 10 heteroatoms. The van der Waals surface area contributed by atoms with Crippen LogP contribution in [0.3, 0.4) is 0 Å². The van der Waals surface area contributed by atoms with E-state index in [1.165, 1.54) is 18.2 Å². The van der Waals surface area contributed by atoms with Crippen LogP contribution in [0, 0.1) is 5.92 Å². The molecule has 1 fully saturated rings. The van der Waals surface area contributed by atoms with Crippen molar-refractivity contribution in [2.45, 2.75) is 43.5 Å². The zero-order valence-electron chi connectivity index (χ0n) is 24.3. The first-order valence-corrected chi connectivity index (χ1v) is 15.5. The summed E-state index contributed by atoms with van der Waals surface area (Å²) in [6.45, 7) is 2.32. The molecule has 4 aromatic rings. The van der Waals surface area contributed by atoms with E-state index in [9.17, 15) is 24.6 Å². The third-order valence-electron chi connectivity index (χ3n) is 7.99. The molecule has 6 rings (SSSR count). The van der Waals surface area contributed by atoms with E-state index >= 15 is 0 Å². The van der Waals surface area contributed by atoms with Crippen LogP contribution in [0.2, 0.25) is 0 Å². The Bertz CT molecular complexity index is 1710. The van der Waals surface area contributed by atoms with Gasteiger partial charge in [-0.3, -0.25) is 4.79 Å². The predicted molar refractivity (Wildman–Crippen MR) is 166 cm³/mol. The summed E-state index contributed by atoms with van der Waals surface area (Å²) >= 11 is 1.65. The highest BCUT2D eigenvalue weighted by molar-refractivity contribution is 7.99. The maximum absolute atomic E-state index is 12.8. The van der Waals surface area contributed by atoms with Crippen molar-refractivity contribution in [3.8, 4) is 5.75 Å². The molecule has 4 aromatic carbocycles. The normalized spacial score (nSPS) is 20.8. The smallest absolute Gasteiger partial charge is 0.346 e. The number of phenolic OH excluding ortho intramolecular Hbond substituents is 1. The Morgan fingerprint density at radius 3 is 2.20 bits per heavy atom. The van der Waals surface area contributed by atoms with E-state index in [4.69, 9.17) is 9.47 Å². The summed E-state index contributed by atoms with van der Waals surface area (Å²) in [4.78, 5) is 37.3. The lowest BCUT2D eigenvalue weighted by Gasteiger charge is -2.41. The van der Waals surface area contributed by atoms with E-state index in [2.05, 4.69) is 17.0 Å². The quantitative estimate of drug-likeness (QED) is 0.122. The summed E-state index contributed by atoms with van der Waals surface area (Å²) in [5, 5.41) is 22.0. The first-order chi connectivity index (χ1) is 21.8. The number of aliphatic hydroxyl groups excluding tert-OH is 1. The molecule has 0 radical (unpaired) electrons. The summed E-state index contributed by atoms with van der Waals surface area (Å²) in [6.07, 6.45) is -1.03. The molecule has 230 valence electrons. The Labute approximate surface area is 264 Å². The predicted octanol–water partition coefficient (Wildman–Crippen LogP) is 5.71. The van der Waals surface area contributed by atoms with Gasteiger partial charge in [-0.1, -0.05) is 55.5 Å². The standard InChI is InChI=1S/C35H31NO8S/c1-20-30(19-45-27-13-11-26(38)12-14-27)42-35(43-31(20)23-6-4-22(18-37)5-7-23)24-8-2-21(3-9-24)17-36-32(39)25-10-15-28-29(16-25)34(41)44-33(28)40/h2-16,20,30-31,35,37-38H,17-19H2,1H3,(H,36,39). The number of phenols is 1. The number of amides is 1. The number of carbonyl (C=O) groups excluding carboxylic acids is 3. The lowest BCUT2D eigenvalue weighted by atomic mass is 9.91. The minimum atomic E-state index is -0.757. The van der Waals surface area contributed by atoms with Gasteiger partial charge in [0.25, 0.3) is 5.91 Å². The van der Waals surface area contributed by atoms with E-state index in [1.807, 2.05) is 60.7 Å². The number of cyclic esters (lactones) is 2. The fraction of sp³-hybridized carbons (Fsp3) is 0.229. The van der Waals surface area contributed by atoms with Crippen LogP contribution in [-0.4, -0.2) is 39.9 Å². The summed E-state index contributed by atoms with van der Waals surface area (Å²) < 4.78 is 17.6. The molecule has 3 N–H and O–H groups in total. The number of aromatic hydroxyl groups is 1. The highest BCUT2D eigenvalue weighted by Crippen LogP contribution is 2.43. The monoisotopic (exact) mass is 625 g/mol. The summed E-state index contributed by atoms with van der Waals surface area (Å²) in [5.41, 5.74) is 3.99. The maximum atomic E-state index is 12.8. The molecule has 0 saturated carbocycles. The van der Waals surface area contributed by atoms with Crippen LogP contribution < -0.4 is 5.32 Å². The van der Waals surface area contributed by atoms with Crippen molar-refractivity contribution < 1.29 is 38.8 Å². The second-order valence-electron chi connectivity index (χ2n) is 11.0. The maximum Gasteiger partial charge on any atom is 0.346 e. The number of aliphatic hydroxyl groups is 1. The summed E-state index contributed by atoms with van der Waals surface area (Å²) in [7, 11) is 0. The van der Waals surface area contributed by atoms with Crippen LogP contribution in [0.25, 0.3) is 0 Å². The number of esters is 2. The van der Waals surface area contributed by atoms with Crippen molar-refractivity contribution in [2.24, 2.45) is 5.92 Å². The molecule has 4 unspecified atom stereocenters. The molecule has 45 heavy (non-hydrogen) atoms. The largest absolute Gasteiger partial charge is 0.508 e. The Morgan fingerprint density at radius 2 is 1.49 bits per heavy atom. The second kappa shape index (κ2) is 13.3. The minimum absolute atomic E-state index is 0.0273. The Kier molecular flexibility index (Phi) is 8.99. The molecule has 0 bridgehead atoms. The fourth-order valence-corrected chi connectivity index (χ4v) is 6.40. The van der Waals surface area contributed by atoms with Gasteiger partial charge in [-0.25, -0.2) is 9.59 Å². The van der Waals surface area contributed by atoms with Crippen LogP contribution in [0.15, 0.2) is 95.9 Å². The number of benzene rings is 4. The van der Waals surface area contributed by atoms with Crippen molar-refractivity contribution in [1.29, 1.82) is 0 Å². The van der Waals surface area contributed by atoms with Gasteiger partial charge in [-0.15, -0.1) is 11.8 Å².